The van der Waals surface area contributed by atoms with Crippen LogP contribution >= 0.6 is 0 Å². The van der Waals surface area contributed by atoms with Gasteiger partial charge in [-0.15, -0.1) is 0 Å². The Bertz CT molecular complexity index is 1060. The van der Waals surface area contributed by atoms with Crippen LogP contribution in [0.5, 0.6) is 0 Å². The summed E-state index contributed by atoms with van der Waals surface area (Å²) in [7, 11) is 0. The minimum atomic E-state index is -3.67. The van der Waals surface area contributed by atoms with Crippen molar-refractivity contribution in [3.63, 3.8) is 0 Å². The summed E-state index contributed by atoms with van der Waals surface area (Å²) in [5, 5.41) is 16.2. The van der Waals surface area contributed by atoms with Crippen molar-refractivity contribution in [2.24, 2.45) is 5.73 Å². The van der Waals surface area contributed by atoms with E-state index in [0.717, 1.165) is 23.1 Å². The molecule has 170 valence electrons. The molecule has 0 spiro atoms. The molecule has 1 aliphatic rings. The number of primary amides is 1. The van der Waals surface area contributed by atoms with Crippen molar-refractivity contribution in [2.75, 3.05) is 18.4 Å². The molecule has 3 rings (SSSR count). The Morgan fingerprint density at radius 2 is 2.16 bits per heavy atom. The van der Waals surface area contributed by atoms with Crippen molar-refractivity contribution >= 4 is 23.3 Å². The normalized spacial score (nSPS) is 21.1. The molecule has 0 bridgehead atoms. The molecule has 0 aliphatic carbocycles. The third kappa shape index (κ3) is 4.34. The van der Waals surface area contributed by atoms with Crippen LogP contribution in [-0.4, -0.2) is 56.7 Å². The maximum atomic E-state index is 15.3. The summed E-state index contributed by atoms with van der Waals surface area (Å²) in [6.07, 6.45) is -0.269. The number of hydrogen-bond acceptors (Lipinski definition) is 6. The van der Waals surface area contributed by atoms with E-state index < -0.39 is 48.4 Å². The summed E-state index contributed by atoms with van der Waals surface area (Å²) in [5.41, 5.74) is 3.89. The van der Waals surface area contributed by atoms with E-state index in [1.54, 1.807) is 0 Å². The molecule has 0 unspecified atom stereocenters. The van der Waals surface area contributed by atoms with Crippen LogP contribution in [0.15, 0.2) is 24.5 Å². The van der Waals surface area contributed by atoms with Crippen LogP contribution in [0.4, 0.5) is 29.1 Å². The number of anilines is 2. The Labute approximate surface area is 179 Å². The first kappa shape index (κ1) is 23.0. The van der Waals surface area contributed by atoms with Gasteiger partial charge in [-0.2, -0.15) is 23.5 Å². The smallest absolute Gasteiger partial charge is 0.322 e. The largest absolute Gasteiger partial charge is 0.365 e. The second-order valence-electron chi connectivity index (χ2n) is 7.49. The van der Waals surface area contributed by atoms with Gasteiger partial charge < -0.3 is 16.0 Å². The number of carbonyl (C=O) groups excluding carboxylic acids is 2. The van der Waals surface area contributed by atoms with Crippen LogP contribution in [0.3, 0.4) is 0 Å². The Morgan fingerprint density at radius 1 is 1.44 bits per heavy atom. The maximum Gasteiger partial charge on any atom is 0.322 e. The van der Waals surface area contributed by atoms with Gasteiger partial charge in [0, 0.05) is 19.7 Å². The lowest BCUT2D eigenvalue weighted by Crippen LogP contribution is -2.58. The predicted octanol–water partition coefficient (Wildman–Crippen LogP) is 2.09. The van der Waals surface area contributed by atoms with Gasteiger partial charge in [0.2, 0.25) is 5.95 Å². The van der Waals surface area contributed by atoms with Crippen LogP contribution in [0.2, 0.25) is 0 Å². The number of likely N-dealkylation sites (tertiary alicyclic amines) is 1. The highest BCUT2D eigenvalue weighted by atomic mass is 19.3. The summed E-state index contributed by atoms with van der Waals surface area (Å²) in [5.74, 6) is -6.91. The summed E-state index contributed by atoms with van der Waals surface area (Å²) in [6.45, 7) is -0.504. The van der Waals surface area contributed by atoms with Crippen LogP contribution in [0, 0.1) is 17.3 Å². The minimum Gasteiger partial charge on any atom is -0.365 e. The average molecular weight is 453 g/mol. The first-order chi connectivity index (χ1) is 15.0. The summed E-state index contributed by atoms with van der Waals surface area (Å²) >= 11 is 0. The second kappa shape index (κ2) is 8.45. The molecule has 2 aromatic rings. The summed E-state index contributed by atoms with van der Waals surface area (Å²) < 4.78 is 56.2. The van der Waals surface area contributed by atoms with Crippen molar-refractivity contribution in [1.29, 1.82) is 5.26 Å². The Morgan fingerprint density at radius 3 is 2.69 bits per heavy atom. The molecule has 9 nitrogen and oxygen atoms in total. The third-order valence-electron chi connectivity index (χ3n) is 5.25. The van der Waals surface area contributed by atoms with Gasteiger partial charge in [0.25, 0.3) is 11.8 Å². The lowest BCUT2D eigenvalue weighted by molar-refractivity contribution is -0.159. The Kier molecular flexibility index (Phi) is 6.07. The molecule has 3 N–H and O–H groups in total. The van der Waals surface area contributed by atoms with Crippen LogP contribution in [0.1, 0.15) is 30.1 Å². The van der Waals surface area contributed by atoms with Crippen molar-refractivity contribution in [3.8, 4) is 6.07 Å². The summed E-state index contributed by atoms with van der Waals surface area (Å²) in [4.78, 5) is 27.9. The molecular formula is C19H19F4N7O2. The van der Waals surface area contributed by atoms with E-state index in [4.69, 9.17) is 5.73 Å². The van der Waals surface area contributed by atoms with E-state index in [9.17, 15) is 28.0 Å². The van der Waals surface area contributed by atoms with E-state index in [1.165, 1.54) is 6.07 Å². The Hall–Kier alpha value is -3.69. The summed E-state index contributed by atoms with van der Waals surface area (Å²) in [6, 6.07) is 4.24. The molecule has 0 aromatic carbocycles. The van der Waals surface area contributed by atoms with Gasteiger partial charge in [0.05, 0.1) is 30.9 Å². The number of hydrogen-bond donors (Lipinski definition) is 2. The lowest BCUT2D eigenvalue weighted by atomic mass is 9.83. The predicted molar refractivity (Wildman–Crippen MR) is 103 cm³/mol. The van der Waals surface area contributed by atoms with Gasteiger partial charge in [0.1, 0.15) is 17.3 Å². The molecule has 1 fully saturated rings. The molecule has 32 heavy (non-hydrogen) atoms. The van der Waals surface area contributed by atoms with Gasteiger partial charge >= 0.3 is 5.92 Å². The van der Waals surface area contributed by atoms with E-state index >= 15 is 4.39 Å². The molecule has 13 heteroatoms. The first-order valence-corrected chi connectivity index (χ1v) is 9.44. The van der Waals surface area contributed by atoms with Crippen LogP contribution < -0.4 is 11.1 Å². The first-order valence-electron chi connectivity index (χ1n) is 9.44. The molecule has 2 aromatic heterocycles. The monoisotopic (exact) mass is 453 g/mol. The van der Waals surface area contributed by atoms with E-state index in [0.29, 0.717) is 11.8 Å². The van der Waals surface area contributed by atoms with Gasteiger partial charge in [0.15, 0.2) is 5.82 Å². The molecule has 1 aliphatic heterocycles. The number of nitrogens with two attached hydrogens (primary N) is 1. The highest BCUT2D eigenvalue weighted by Gasteiger charge is 2.50. The molecule has 0 radical (unpaired) electrons. The molecule has 1 saturated heterocycles. The quantitative estimate of drug-likeness (QED) is 0.509. The maximum absolute atomic E-state index is 15.3. The third-order valence-corrected chi connectivity index (χ3v) is 5.25. The number of rotatable bonds is 6. The SMILES string of the molecule is CC(F)(F)C(=O)N1CC[C@@](CC#N)(n2cc(C(N)=O)c(Nc3ccc(F)nc3)n2)[C@H](F)C1. The topological polar surface area (TPSA) is 130 Å². The van der Waals surface area contributed by atoms with Gasteiger partial charge in [-0.3, -0.25) is 14.3 Å². The fourth-order valence-corrected chi connectivity index (χ4v) is 3.54. The number of piperidine rings is 1. The zero-order valence-electron chi connectivity index (χ0n) is 16.9. The number of nitrogens with zero attached hydrogens (tertiary/aromatic N) is 5. The number of nitriles is 1. The number of nitrogens with one attached hydrogen (secondary N) is 1. The fourth-order valence-electron chi connectivity index (χ4n) is 3.54. The number of halogens is 4. The zero-order chi connectivity index (χ0) is 23.7. The minimum absolute atomic E-state index is 0.0889. The highest BCUT2D eigenvalue weighted by molar-refractivity contribution is 5.98. The van der Waals surface area contributed by atoms with E-state index in [-0.39, 0.29) is 30.0 Å². The molecular weight excluding hydrogens is 434 g/mol. The molecule has 3 heterocycles. The zero-order valence-corrected chi connectivity index (χ0v) is 16.9. The van der Waals surface area contributed by atoms with Crippen molar-refractivity contribution in [2.45, 2.75) is 37.4 Å². The van der Waals surface area contributed by atoms with Crippen molar-refractivity contribution in [3.05, 3.63) is 36.0 Å². The number of pyridine rings is 1. The van der Waals surface area contributed by atoms with Crippen molar-refractivity contribution in [1.82, 2.24) is 19.7 Å². The highest BCUT2D eigenvalue weighted by Crippen LogP contribution is 2.38. The lowest BCUT2D eigenvalue weighted by Gasteiger charge is -2.43. The number of amides is 2. The number of alkyl halides is 3. The van der Waals surface area contributed by atoms with Gasteiger partial charge in [-0.05, 0) is 18.6 Å². The standard InChI is InChI=1S/C19H19F4N7O2/c1-18(22,23)17(32)29-7-5-19(4-6-24,13(20)10-29)30-9-12(15(25)31)16(28-30)27-11-2-3-14(21)26-8-11/h2-3,8-9,13H,4-5,7,10H2,1H3,(H2,25,31)(H,27,28)/t13-,19-/m1/s1. The van der Waals surface area contributed by atoms with Crippen molar-refractivity contribution < 1.29 is 27.2 Å². The van der Waals surface area contributed by atoms with E-state index in [2.05, 4.69) is 15.4 Å². The fraction of sp³-hybridized carbons (Fsp3) is 0.421. The second-order valence-corrected chi connectivity index (χ2v) is 7.49. The average Bonchev–Trinajstić information content (AvgIpc) is 3.14. The molecule has 2 amide bonds. The molecule has 2 atom stereocenters. The number of carbonyl (C=O) groups is 2. The van der Waals surface area contributed by atoms with Crippen LogP contribution in [0.25, 0.3) is 0 Å². The van der Waals surface area contributed by atoms with Gasteiger partial charge in [-0.25, -0.2) is 9.37 Å². The number of aromatic nitrogens is 3. The van der Waals surface area contributed by atoms with E-state index in [1.807, 2.05) is 6.07 Å². The van der Waals surface area contributed by atoms with Gasteiger partial charge in [-0.1, -0.05) is 0 Å². The molecule has 0 saturated carbocycles. The van der Waals surface area contributed by atoms with Crippen LogP contribution in [-0.2, 0) is 10.3 Å². The Balaban J connectivity index is 1.96.